The van der Waals surface area contributed by atoms with Gasteiger partial charge in [-0.3, -0.25) is 9.69 Å². The molecule has 4 nitrogen and oxygen atoms in total. The fourth-order valence-electron chi connectivity index (χ4n) is 3.95. The molecule has 1 amide bonds. The van der Waals surface area contributed by atoms with Crippen molar-refractivity contribution in [1.29, 1.82) is 0 Å². The average Bonchev–Trinajstić information content (AvgIpc) is 3.03. The monoisotopic (exact) mass is 411 g/mol. The number of fused-ring (bicyclic) bond motifs is 2. The maximum Gasteiger partial charge on any atom is 0.230 e. The van der Waals surface area contributed by atoms with Crippen LogP contribution in [0.3, 0.4) is 0 Å². The molecule has 132 valence electrons. The fourth-order valence-corrected chi connectivity index (χ4v) is 4.53. The number of aromatic amines is 1. The number of amides is 1. The largest absolute Gasteiger partial charge is 0.349 e. The van der Waals surface area contributed by atoms with Gasteiger partial charge in [-0.2, -0.15) is 0 Å². The molecule has 4 rings (SSSR count). The van der Waals surface area contributed by atoms with Gasteiger partial charge in [0.25, 0.3) is 0 Å². The molecule has 1 aliphatic heterocycles. The molecule has 1 aromatic heterocycles. The number of likely N-dealkylation sites (N-methyl/N-ethyl adjacent to an activating group) is 1. The highest BCUT2D eigenvalue weighted by molar-refractivity contribution is 9.10. The van der Waals surface area contributed by atoms with Crippen molar-refractivity contribution in [3.63, 3.8) is 0 Å². The van der Waals surface area contributed by atoms with E-state index in [1.165, 1.54) is 0 Å². The minimum absolute atomic E-state index is 0.0327. The van der Waals surface area contributed by atoms with Crippen LogP contribution in [0.25, 0.3) is 16.5 Å². The first kappa shape index (κ1) is 8.87. The minimum atomic E-state index is -3.57. The number of rotatable bonds is 3. The van der Waals surface area contributed by atoms with Crippen LogP contribution in [0.4, 0.5) is 0 Å². The van der Waals surface area contributed by atoms with Crippen molar-refractivity contribution in [3.05, 3.63) is 40.0 Å². The summed E-state index contributed by atoms with van der Waals surface area (Å²) in [5.41, 5.74) is 3.59. The Morgan fingerprint density at radius 3 is 3.04 bits per heavy atom. The molecule has 1 aromatic carbocycles. The Kier molecular flexibility index (Phi) is 2.23. The smallest absolute Gasteiger partial charge is 0.230 e. The Balaban J connectivity index is 1.86. The lowest BCUT2D eigenvalue weighted by Gasteiger charge is -2.40. The highest BCUT2D eigenvalue weighted by Crippen LogP contribution is 2.43. The summed E-state index contributed by atoms with van der Waals surface area (Å²) in [4.78, 5) is 18.6. The summed E-state index contributed by atoms with van der Waals surface area (Å²) in [6.45, 7) is -14.1. The number of benzene rings is 1. The van der Waals surface area contributed by atoms with Crippen LogP contribution in [0.1, 0.15) is 38.5 Å². The first-order valence-corrected chi connectivity index (χ1v) is 8.74. The Bertz CT molecular complexity index is 1190. The van der Waals surface area contributed by atoms with Gasteiger partial charge in [0.05, 0.1) is 10.5 Å². The quantitative estimate of drug-likeness (QED) is 0.836. The van der Waals surface area contributed by atoms with E-state index in [-0.39, 0.29) is 17.5 Å². The van der Waals surface area contributed by atoms with Crippen molar-refractivity contribution in [2.75, 3.05) is 26.6 Å². The van der Waals surface area contributed by atoms with Crippen LogP contribution in [0.15, 0.2) is 28.9 Å². The standard InChI is InChI=1S/C20H24BrN3O/c1-4-24(5-2)20(25)12-9-14-13-7-6-8-16-18(13)15(19(21)22-16)10-17(14)23(3)11-12/h6-9,12,17,22H,4-5,10-11H2,1-3H3/t12-,17-/m1/s1/i1D3,2D3,4D2,5D2. The maximum atomic E-state index is 13.7. The summed E-state index contributed by atoms with van der Waals surface area (Å²) in [6.07, 6.45) is 2.22. The van der Waals surface area contributed by atoms with Crippen LogP contribution in [-0.2, 0) is 11.2 Å². The van der Waals surface area contributed by atoms with E-state index in [4.69, 9.17) is 13.7 Å². The highest BCUT2D eigenvalue weighted by atomic mass is 79.9. The van der Waals surface area contributed by atoms with Crippen molar-refractivity contribution < 1.29 is 18.5 Å². The number of halogens is 1. The molecule has 2 heterocycles. The number of aromatic nitrogens is 1. The molecule has 2 atom stereocenters. The van der Waals surface area contributed by atoms with Crippen molar-refractivity contribution in [2.24, 2.45) is 5.92 Å². The molecule has 0 bridgehead atoms. The summed E-state index contributed by atoms with van der Waals surface area (Å²) >= 11 is 3.56. The maximum absolute atomic E-state index is 13.7. The van der Waals surface area contributed by atoms with Crippen LogP contribution >= 0.6 is 15.9 Å². The van der Waals surface area contributed by atoms with E-state index < -0.39 is 38.5 Å². The van der Waals surface area contributed by atoms with Gasteiger partial charge < -0.3 is 9.88 Å². The third-order valence-corrected chi connectivity index (χ3v) is 5.78. The molecule has 0 saturated heterocycles. The van der Waals surface area contributed by atoms with Gasteiger partial charge >= 0.3 is 0 Å². The first-order chi connectivity index (χ1) is 15.9. The molecule has 0 fully saturated rings. The summed E-state index contributed by atoms with van der Waals surface area (Å²) in [7, 11) is 1.77. The van der Waals surface area contributed by atoms with Crippen LogP contribution in [-0.4, -0.2) is 53.3 Å². The third kappa shape index (κ3) is 2.56. The lowest BCUT2D eigenvalue weighted by molar-refractivity contribution is -0.134. The number of hydrogen-bond donors (Lipinski definition) is 1. The second-order valence-electron chi connectivity index (χ2n) is 6.43. The second-order valence-corrected chi connectivity index (χ2v) is 7.22. The van der Waals surface area contributed by atoms with Crippen molar-refractivity contribution in [1.82, 2.24) is 14.8 Å². The number of nitrogens with one attached hydrogen (secondary N) is 1. The highest BCUT2D eigenvalue weighted by Gasteiger charge is 2.37. The van der Waals surface area contributed by atoms with Crippen molar-refractivity contribution in [2.45, 2.75) is 26.2 Å². The van der Waals surface area contributed by atoms with Gasteiger partial charge in [-0.1, -0.05) is 18.2 Å². The SMILES string of the molecule is [2H]C([2H])([2H])C([2H])([2H])N(C(=O)[C@@H]1C=C2c3cccc4[nH]c(Br)c(c34)C[C@H]2N(C)C1)C([2H])([2H])C([2H])([2H])[2H]. The zero-order valence-electron chi connectivity index (χ0n) is 23.6. The predicted octanol–water partition coefficient (Wildman–Crippen LogP) is 3.67. The van der Waals surface area contributed by atoms with Crippen LogP contribution in [0, 0.1) is 5.92 Å². The molecule has 5 heteroatoms. The molecule has 0 spiro atoms. The zero-order valence-corrected chi connectivity index (χ0v) is 15.1. The summed E-state index contributed by atoms with van der Waals surface area (Å²) < 4.78 is 78.8. The van der Waals surface area contributed by atoms with Crippen LogP contribution in [0.2, 0.25) is 0 Å². The molecule has 0 radical (unpaired) electrons. The van der Waals surface area contributed by atoms with Gasteiger partial charge in [0, 0.05) is 50.2 Å². The Labute approximate surface area is 171 Å². The third-order valence-electron chi connectivity index (χ3n) is 5.10. The number of carbonyl (C=O) groups excluding carboxylic acids is 1. The predicted molar refractivity (Wildman–Crippen MR) is 106 cm³/mol. The van der Waals surface area contributed by atoms with E-state index in [1.54, 1.807) is 13.1 Å². The van der Waals surface area contributed by atoms with E-state index in [0.29, 0.717) is 6.42 Å². The molecule has 2 aromatic rings. The molecule has 2 aliphatic rings. The molecular formula is C20H24BrN3O. The fraction of sp³-hybridized carbons (Fsp3) is 0.450. The molecular weight excluding hydrogens is 378 g/mol. The van der Waals surface area contributed by atoms with Crippen molar-refractivity contribution in [3.8, 4) is 0 Å². The van der Waals surface area contributed by atoms with E-state index in [0.717, 1.165) is 32.2 Å². The van der Waals surface area contributed by atoms with Gasteiger partial charge in [0.2, 0.25) is 5.91 Å². The number of H-pyrrole nitrogens is 1. The molecule has 1 aliphatic carbocycles. The lowest BCUT2D eigenvalue weighted by atomic mass is 9.79. The number of nitrogens with zero attached hydrogens (tertiary/aromatic N) is 2. The van der Waals surface area contributed by atoms with E-state index in [2.05, 4.69) is 20.9 Å². The van der Waals surface area contributed by atoms with Crippen LogP contribution < -0.4 is 0 Å². The van der Waals surface area contributed by atoms with Gasteiger partial charge in [-0.25, -0.2) is 0 Å². The zero-order chi connectivity index (χ0) is 26.3. The topological polar surface area (TPSA) is 39.3 Å². The average molecular weight is 412 g/mol. The molecule has 0 unspecified atom stereocenters. The normalized spacial score (nSPS) is 30.7. The Hall–Kier alpha value is -1.59. The summed E-state index contributed by atoms with van der Waals surface area (Å²) in [6, 6.07) is 5.54. The van der Waals surface area contributed by atoms with Gasteiger partial charge in [-0.15, -0.1) is 0 Å². The van der Waals surface area contributed by atoms with Crippen LogP contribution in [0.5, 0.6) is 0 Å². The Morgan fingerprint density at radius 1 is 1.48 bits per heavy atom. The molecule has 0 saturated carbocycles. The summed E-state index contributed by atoms with van der Waals surface area (Å²) in [5.74, 6) is -2.40. The van der Waals surface area contributed by atoms with E-state index >= 15 is 0 Å². The first-order valence-electron chi connectivity index (χ1n) is 12.9. The lowest BCUT2D eigenvalue weighted by Crippen LogP contribution is -2.47. The second kappa shape index (κ2) is 6.29. The Morgan fingerprint density at radius 2 is 2.28 bits per heavy atom. The van der Waals surface area contributed by atoms with E-state index in [1.807, 2.05) is 23.1 Å². The van der Waals surface area contributed by atoms with Gasteiger partial charge in [-0.05, 0) is 65.9 Å². The van der Waals surface area contributed by atoms with Gasteiger partial charge in [0.1, 0.15) is 0 Å². The van der Waals surface area contributed by atoms with E-state index in [9.17, 15) is 4.79 Å². The molecule has 25 heavy (non-hydrogen) atoms. The van der Waals surface area contributed by atoms with Crippen molar-refractivity contribution >= 4 is 38.3 Å². The number of carbonyl (C=O) groups is 1. The number of hydrogen-bond acceptors (Lipinski definition) is 2. The minimum Gasteiger partial charge on any atom is -0.349 e. The van der Waals surface area contributed by atoms with Gasteiger partial charge in [0.15, 0.2) is 0 Å². The molecule has 1 N–H and O–H groups in total. The summed E-state index contributed by atoms with van der Waals surface area (Å²) in [5, 5.41) is 0.968.